The molecular weight excluding hydrogens is 270 g/mol. The van der Waals surface area contributed by atoms with Gasteiger partial charge in [0, 0.05) is 5.41 Å². The van der Waals surface area contributed by atoms with Crippen LogP contribution in [-0.4, -0.2) is 16.8 Å². The van der Waals surface area contributed by atoms with Crippen molar-refractivity contribution < 1.29 is 4.79 Å². The van der Waals surface area contributed by atoms with E-state index in [0.717, 1.165) is 6.42 Å². The molecule has 2 aromatic rings. The van der Waals surface area contributed by atoms with Gasteiger partial charge < -0.3 is 4.90 Å². The first-order valence-electron chi connectivity index (χ1n) is 7.90. The van der Waals surface area contributed by atoms with Crippen LogP contribution in [0, 0.1) is 5.41 Å². The van der Waals surface area contributed by atoms with Gasteiger partial charge in [-0.15, -0.1) is 0 Å². The number of hydrogen-bond donors (Lipinski definition) is 0. The highest BCUT2D eigenvalue weighted by Crippen LogP contribution is 2.47. The highest BCUT2D eigenvalue weighted by Gasteiger charge is 2.53. The minimum absolute atomic E-state index is 0.216. The quantitative estimate of drug-likeness (QED) is 0.776. The van der Waals surface area contributed by atoms with Gasteiger partial charge in [0.05, 0.1) is 12.1 Å². The topological polar surface area (TPSA) is 20.1 Å². The van der Waals surface area contributed by atoms with Crippen LogP contribution in [0.1, 0.15) is 37.9 Å². The predicted molar refractivity (Wildman–Crippen MR) is 89.4 cm³/mol. The van der Waals surface area contributed by atoms with Crippen LogP contribution in [0.4, 0.5) is 0 Å². The molecule has 1 aliphatic rings. The first-order valence-corrected chi connectivity index (χ1v) is 7.90. The van der Waals surface area contributed by atoms with E-state index in [2.05, 4.69) is 41.3 Å². The predicted octanol–water partition coefficient (Wildman–Crippen LogP) is 4.23. The Hall–Kier alpha value is -2.09. The third kappa shape index (κ3) is 2.92. The number of nitrogens with zero attached hydrogens (tertiary/aromatic N) is 1. The van der Waals surface area contributed by atoms with E-state index >= 15 is 0 Å². The van der Waals surface area contributed by atoms with Gasteiger partial charge in [0.1, 0.15) is 0 Å². The van der Waals surface area contributed by atoms with Crippen molar-refractivity contribution in [2.45, 2.75) is 39.3 Å². The Labute approximate surface area is 132 Å². The Kier molecular flexibility index (Phi) is 3.78. The molecule has 0 bridgehead atoms. The molecule has 2 aromatic carbocycles. The molecule has 2 heteroatoms. The first kappa shape index (κ1) is 14.8. The zero-order valence-corrected chi connectivity index (χ0v) is 13.5. The molecule has 2 atom stereocenters. The molecule has 0 aromatic heterocycles. The third-order valence-electron chi connectivity index (χ3n) is 4.24. The molecule has 2 nitrogen and oxygen atoms in total. The lowest BCUT2D eigenvalue weighted by molar-refractivity contribution is -0.134. The molecular formula is C20H23NO. The van der Waals surface area contributed by atoms with Gasteiger partial charge in [0.25, 0.3) is 0 Å². The summed E-state index contributed by atoms with van der Waals surface area (Å²) < 4.78 is 0. The van der Waals surface area contributed by atoms with Crippen molar-refractivity contribution in [2.24, 2.45) is 5.41 Å². The number of rotatable bonds is 3. The summed E-state index contributed by atoms with van der Waals surface area (Å²) in [6.07, 6.45) is 0.919. The normalized spacial score (nSPS) is 20.8. The zero-order valence-electron chi connectivity index (χ0n) is 13.5. The van der Waals surface area contributed by atoms with E-state index < -0.39 is 0 Å². The van der Waals surface area contributed by atoms with Crippen LogP contribution in [0.5, 0.6) is 0 Å². The lowest BCUT2D eigenvalue weighted by Gasteiger charge is -2.18. The minimum Gasteiger partial charge on any atom is -0.327 e. The maximum absolute atomic E-state index is 12.7. The number of carbonyl (C=O) groups is 1. The Balaban J connectivity index is 1.84. The Bertz CT molecular complexity index is 642. The Morgan fingerprint density at radius 1 is 0.955 bits per heavy atom. The molecule has 0 radical (unpaired) electrons. The number of benzene rings is 2. The minimum atomic E-state index is -0.335. The van der Waals surface area contributed by atoms with Crippen molar-refractivity contribution >= 4 is 5.91 Å². The molecule has 1 amide bonds. The maximum Gasteiger partial charge on any atom is 0.228 e. The molecule has 114 valence electrons. The van der Waals surface area contributed by atoms with E-state index in [1.807, 2.05) is 45.0 Å². The second-order valence-corrected chi connectivity index (χ2v) is 7.08. The van der Waals surface area contributed by atoms with Crippen LogP contribution in [0.25, 0.3) is 0 Å². The second-order valence-electron chi connectivity index (χ2n) is 7.08. The van der Waals surface area contributed by atoms with Gasteiger partial charge in [-0.2, -0.15) is 0 Å². The van der Waals surface area contributed by atoms with Gasteiger partial charge in [-0.05, 0) is 17.5 Å². The van der Waals surface area contributed by atoms with Crippen LogP contribution in [0.15, 0.2) is 60.7 Å². The van der Waals surface area contributed by atoms with Gasteiger partial charge in [0.15, 0.2) is 0 Å². The van der Waals surface area contributed by atoms with Gasteiger partial charge in [0.2, 0.25) is 5.91 Å². The van der Waals surface area contributed by atoms with Crippen LogP contribution >= 0.6 is 0 Å². The summed E-state index contributed by atoms with van der Waals surface area (Å²) in [6, 6.07) is 21.3. The van der Waals surface area contributed by atoms with Crippen molar-refractivity contribution in [3.63, 3.8) is 0 Å². The fraction of sp³-hybridized carbons (Fsp3) is 0.350. The summed E-state index contributed by atoms with van der Waals surface area (Å²) in [5.41, 5.74) is 2.19. The van der Waals surface area contributed by atoms with E-state index in [-0.39, 0.29) is 23.4 Å². The molecule has 22 heavy (non-hydrogen) atoms. The van der Waals surface area contributed by atoms with Gasteiger partial charge in [-0.3, -0.25) is 4.79 Å². The molecule has 1 aliphatic heterocycles. The van der Waals surface area contributed by atoms with Crippen LogP contribution < -0.4 is 0 Å². The lowest BCUT2D eigenvalue weighted by Crippen LogP contribution is -2.29. The average Bonchev–Trinajstić information content (AvgIpc) is 3.21. The SMILES string of the molecule is CC(C)(C)C(=O)N1[C@H](Cc2ccccc2)[C@@H]1c1ccccc1. The molecule has 3 rings (SSSR count). The highest BCUT2D eigenvalue weighted by atomic mass is 16.2. The highest BCUT2D eigenvalue weighted by molar-refractivity contribution is 5.85. The van der Waals surface area contributed by atoms with E-state index in [9.17, 15) is 4.79 Å². The van der Waals surface area contributed by atoms with Gasteiger partial charge >= 0.3 is 0 Å². The summed E-state index contributed by atoms with van der Waals surface area (Å²) in [6.45, 7) is 5.99. The van der Waals surface area contributed by atoms with Gasteiger partial charge in [-0.1, -0.05) is 81.4 Å². The third-order valence-corrected chi connectivity index (χ3v) is 4.24. The zero-order chi connectivity index (χ0) is 15.7. The van der Waals surface area contributed by atoms with E-state index in [0.29, 0.717) is 0 Å². The fourth-order valence-corrected chi connectivity index (χ4v) is 3.04. The lowest BCUT2D eigenvalue weighted by atomic mass is 9.95. The number of carbonyl (C=O) groups excluding carboxylic acids is 1. The summed E-state index contributed by atoms with van der Waals surface area (Å²) in [5.74, 6) is 0.238. The molecule has 0 aliphatic carbocycles. The molecule has 0 unspecified atom stereocenters. The summed E-state index contributed by atoms with van der Waals surface area (Å²) in [7, 11) is 0. The summed E-state index contributed by atoms with van der Waals surface area (Å²) in [4.78, 5) is 14.8. The van der Waals surface area contributed by atoms with Crippen molar-refractivity contribution in [1.82, 2.24) is 4.90 Å². The van der Waals surface area contributed by atoms with Crippen molar-refractivity contribution in [3.05, 3.63) is 71.8 Å². The van der Waals surface area contributed by atoms with Crippen LogP contribution in [0.3, 0.4) is 0 Å². The molecule has 1 fully saturated rings. The molecule has 1 saturated heterocycles. The standard InChI is InChI=1S/C20H23NO/c1-20(2,3)19(22)21-17(14-15-10-6-4-7-11-15)18(21)16-12-8-5-9-13-16/h4-13,17-18H,14H2,1-3H3/t17-,18+,21?/m1/s1. The number of amides is 1. The molecule has 0 saturated carbocycles. The first-order chi connectivity index (χ1) is 10.5. The largest absolute Gasteiger partial charge is 0.327 e. The van der Waals surface area contributed by atoms with E-state index in [4.69, 9.17) is 0 Å². The van der Waals surface area contributed by atoms with Crippen LogP contribution in [-0.2, 0) is 11.2 Å². The summed E-state index contributed by atoms with van der Waals surface area (Å²) >= 11 is 0. The molecule has 1 heterocycles. The van der Waals surface area contributed by atoms with Crippen molar-refractivity contribution in [3.8, 4) is 0 Å². The monoisotopic (exact) mass is 293 g/mol. The van der Waals surface area contributed by atoms with E-state index in [1.165, 1.54) is 11.1 Å². The smallest absolute Gasteiger partial charge is 0.228 e. The average molecular weight is 293 g/mol. The summed E-state index contributed by atoms with van der Waals surface area (Å²) in [5, 5.41) is 0. The van der Waals surface area contributed by atoms with E-state index in [1.54, 1.807) is 0 Å². The maximum atomic E-state index is 12.7. The Morgan fingerprint density at radius 3 is 2.05 bits per heavy atom. The number of hydrogen-bond acceptors (Lipinski definition) is 1. The van der Waals surface area contributed by atoms with Crippen molar-refractivity contribution in [2.75, 3.05) is 0 Å². The Morgan fingerprint density at radius 2 is 1.50 bits per heavy atom. The van der Waals surface area contributed by atoms with Crippen molar-refractivity contribution in [1.29, 1.82) is 0 Å². The second kappa shape index (κ2) is 5.60. The molecule has 0 N–H and O–H groups in total. The molecule has 0 spiro atoms. The fourth-order valence-electron chi connectivity index (χ4n) is 3.04. The van der Waals surface area contributed by atoms with Crippen LogP contribution in [0.2, 0.25) is 0 Å². The van der Waals surface area contributed by atoms with Gasteiger partial charge in [-0.25, -0.2) is 0 Å².